The molecule has 0 spiro atoms. The maximum absolute atomic E-state index is 13.7. The quantitative estimate of drug-likeness (QED) is 0.226. The van der Waals surface area contributed by atoms with Crippen LogP contribution in [0.25, 0.3) is 6.08 Å². The predicted molar refractivity (Wildman–Crippen MR) is 154 cm³/mol. The number of aliphatic hydroxyl groups is 1. The Morgan fingerprint density at radius 2 is 1.98 bits per heavy atom. The van der Waals surface area contributed by atoms with Gasteiger partial charge in [-0.15, -0.1) is 11.3 Å². The first-order valence-electron chi connectivity index (χ1n) is 14.5. The van der Waals surface area contributed by atoms with Crippen LogP contribution in [-0.4, -0.2) is 70.4 Å². The van der Waals surface area contributed by atoms with Gasteiger partial charge < -0.3 is 24.1 Å². The number of carbonyl (C=O) groups excluding carboxylic acids is 4. The SMILES string of the molecule is C=CC(=O)OC[C@@]12CCC[C@H](C)[C@H](O)[C@@H](C)C(=O)[C@]3(C)CC(=O)O[C@H]3CC(=O)O[C@H](/C(C)=C/c3csc(C)n3)C[C@@H]1O2. The molecule has 10 nitrogen and oxygen atoms in total. The molecule has 3 aliphatic heterocycles. The van der Waals surface area contributed by atoms with Gasteiger partial charge in [0.15, 0.2) is 0 Å². The van der Waals surface area contributed by atoms with Gasteiger partial charge in [-0.25, -0.2) is 9.78 Å². The van der Waals surface area contributed by atoms with Gasteiger partial charge in [0, 0.05) is 23.8 Å². The summed E-state index contributed by atoms with van der Waals surface area (Å²) < 4.78 is 23.0. The molecule has 8 atom stereocenters. The maximum Gasteiger partial charge on any atom is 0.330 e. The van der Waals surface area contributed by atoms with Gasteiger partial charge in [-0.3, -0.25) is 14.4 Å². The summed E-state index contributed by atoms with van der Waals surface area (Å²) in [6.45, 7) is 12.4. The lowest BCUT2D eigenvalue weighted by molar-refractivity contribution is -0.155. The Hall–Kier alpha value is -2.89. The number of aryl methyl sites for hydroxylation is 1. The summed E-state index contributed by atoms with van der Waals surface area (Å²) in [6.07, 6.45) is 1.53. The lowest BCUT2D eigenvalue weighted by Gasteiger charge is -2.33. The first kappa shape index (κ1) is 32.0. The average Bonchev–Trinajstić information content (AvgIpc) is 3.30. The lowest BCUT2D eigenvalue weighted by Crippen LogP contribution is -2.45. The van der Waals surface area contributed by atoms with Crippen molar-refractivity contribution in [1.82, 2.24) is 4.98 Å². The molecular formula is C31H41NO9S. The van der Waals surface area contributed by atoms with Crippen LogP contribution in [-0.2, 0) is 38.1 Å². The van der Waals surface area contributed by atoms with Crippen molar-refractivity contribution in [3.63, 3.8) is 0 Å². The average molecular weight is 604 g/mol. The number of Topliss-reactive ketones (excluding diaryl/α,β-unsaturated/α-hetero) is 1. The number of esters is 3. The van der Waals surface area contributed by atoms with Crippen molar-refractivity contribution in [2.75, 3.05) is 6.61 Å². The molecular weight excluding hydrogens is 562 g/mol. The molecule has 0 aliphatic carbocycles. The van der Waals surface area contributed by atoms with Crippen molar-refractivity contribution >= 4 is 41.1 Å². The summed E-state index contributed by atoms with van der Waals surface area (Å²) in [5, 5.41) is 13.9. The highest BCUT2D eigenvalue weighted by atomic mass is 32.1. The molecule has 1 N–H and O–H groups in total. The molecule has 0 amide bonds. The van der Waals surface area contributed by atoms with E-state index in [-0.39, 0.29) is 37.3 Å². The first-order valence-corrected chi connectivity index (χ1v) is 15.3. The number of ketones is 1. The number of ether oxygens (including phenoxy) is 4. The molecule has 0 aromatic carbocycles. The number of hydrogen-bond acceptors (Lipinski definition) is 11. The Labute approximate surface area is 250 Å². The van der Waals surface area contributed by atoms with Gasteiger partial charge in [0.2, 0.25) is 0 Å². The van der Waals surface area contributed by atoms with Crippen LogP contribution in [0.3, 0.4) is 0 Å². The van der Waals surface area contributed by atoms with E-state index in [9.17, 15) is 24.3 Å². The number of aliphatic hydroxyl groups excluding tert-OH is 1. The summed E-state index contributed by atoms with van der Waals surface area (Å²) in [4.78, 5) is 55.8. The van der Waals surface area contributed by atoms with Crippen molar-refractivity contribution in [3.8, 4) is 0 Å². The van der Waals surface area contributed by atoms with Crippen molar-refractivity contribution in [2.24, 2.45) is 17.3 Å². The monoisotopic (exact) mass is 603 g/mol. The van der Waals surface area contributed by atoms with E-state index in [4.69, 9.17) is 18.9 Å². The second-order valence-corrected chi connectivity index (χ2v) is 13.2. The Bertz CT molecular complexity index is 1260. The fourth-order valence-corrected chi connectivity index (χ4v) is 6.72. The van der Waals surface area contributed by atoms with Gasteiger partial charge in [0.05, 0.1) is 41.2 Å². The zero-order valence-electron chi connectivity index (χ0n) is 24.9. The van der Waals surface area contributed by atoms with E-state index in [0.717, 1.165) is 22.4 Å². The standard InChI is InChI=1S/C31H41NO9S/c1-7-25(33)38-16-31-10-8-9-17(2)28(36)19(4)29(37)30(6)14-27(35)40-23(30)13-26(34)39-22(12-24(31)41-31)18(3)11-21-15-42-20(5)32-21/h7,11,15,17,19,22-24,28,36H,1,8-10,12-14,16H2,2-6H3/b18-11+/t17-,19+,22-,23-,24-,28-,30+,31-/m0/s1. The largest absolute Gasteiger partial charge is 0.461 e. The van der Waals surface area contributed by atoms with Gasteiger partial charge in [0.25, 0.3) is 0 Å². The van der Waals surface area contributed by atoms with Gasteiger partial charge >= 0.3 is 17.9 Å². The van der Waals surface area contributed by atoms with Crippen LogP contribution in [0.2, 0.25) is 0 Å². The molecule has 42 heavy (non-hydrogen) atoms. The third-order valence-corrected chi connectivity index (χ3v) is 9.72. The highest BCUT2D eigenvalue weighted by Gasteiger charge is 2.58. The number of epoxide rings is 1. The smallest absolute Gasteiger partial charge is 0.330 e. The molecule has 0 unspecified atom stereocenters. The topological polar surface area (TPSA) is 142 Å². The molecule has 0 bridgehead atoms. The Balaban J connectivity index is 1.65. The number of rotatable bonds is 5. The Morgan fingerprint density at radius 3 is 2.64 bits per heavy atom. The van der Waals surface area contributed by atoms with E-state index >= 15 is 0 Å². The maximum atomic E-state index is 13.7. The van der Waals surface area contributed by atoms with Crippen molar-refractivity contribution in [2.45, 2.75) is 103 Å². The number of aromatic nitrogens is 1. The summed E-state index contributed by atoms with van der Waals surface area (Å²) in [5.41, 5.74) is -0.556. The molecule has 1 aromatic heterocycles. The van der Waals surface area contributed by atoms with Crippen LogP contribution in [0.4, 0.5) is 0 Å². The minimum absolute atomic E-state index is 0.0133. The third-order valence-electron chi connectivity index (χ3n) is 8.93. The highest BCUT2D eigenvalue weighted by Crippen LogP contribution is 2.46. The van der Waals surface area contributed by atoms with E-state index in [1.807, 2.05) is 32.2 Å². The molecule has 0 radical (unpaired) electrons. The molecule has 4 rings (SSSR count). The van der Waals surface area contributed by atoms with Crippen LogP contribution in [0.1, 0.15) is 76.9 Å². The van der Waals surface area contributed by atoms with Crippen molar-refractivity contribution < 1.29 is 43.2 Å². The highest BCUT2D eigenvalue weighted by molar-refractivity contribution is 7.09. The van der Waals surface area contributed by atoms with Crippen LogP contribution in [0.15, 0.2) is 23.6 Å². The minimum Gasteiger partial charge on any atom is -0.461 e. The molecule has 230 valence electrons. The van der Waals surface area contributed by atoms with Crippen molar-refractivity contribution in [3.05, 3.63) is 34.3 Å². The predicted octanol–water partition coefficient (Wildman–Crippen LogP) is 4.12. The fourth-order valence-electron chi connectivity index (χ4n) is 6.15. The minimum atomic E-state index is -1.27. The third kappa shape index (κ3) is 7.01. The number of thiazole rings is 1. The first-order chi connectivity index (χ1) is 19.8. The fraction of sp³-hybridized carbons (Fsp3) is 0.645. The van der Waals surface area contributed by atoms with E-state index < -0.39 is 53.2 Å². The van der Waals surface area contributed by atoms with E-state index in [1.165, 1.54) is 11.3 Å². The summed E-state index contributed by atoms with van der Waals surface area (Å²) in [5.74, 6) is -3.08. The Kier molecular flexibility index (Phi) is 9.74. The molecule has 3 aliphatic rings. The number of cyclic esters (lactones) is 1. The van der Waals surface area contributed by atoms with E-state index in [2.05, 4.69) is 11.6 Å². The van der Waals surface area contributed by atoms with Gasteiger partial charge in [-0.1, -0.05) is 20.4 Å². The van der Waals surface area contributed by atoms with Crippen LogP contribution in [0.5, 0.6) is 0 Å². The zero-order chi connectivity index (χ0) is 30.8. The van der Waals surface area contributed by atoms with Gasteiger partial charge in [0.1, 0.15) is 30.2 Å². The van der Waals surface area contributed by atoms with E-state index in [1.54, 1.807) is 13.8 Å². The molecule has 0 saturated carbocycles. The summed E-state index contributed by atoms with van der Waals surface area (Å²) >= 11 is 1.51. The van der Waals surface area contributed by atoms with Crippen LogP contribution >= 0.6 is 11.3 Å². The van der Waals surface area contributed by atoms with Gasteiger partial charge in [-0.2, -0.15) is 0 Å². The summed E-state index contributed by atoms with van der Waals surface area (Å²) in [7, 11) is 0. The number of nitrogens with zero attached hydrogens (tertiary/aromatic N) is 1. The Morgan fingerprint density at radius 1 is 1.24 bits per heavy atom. The molecule has 3 fully saturated rings. The zero-order valence-corrected chi connectivity index (χ0v) is 25.7. The second kappa shape index (κ2) is 12.8. The molecule has 3 saturated heterocycles. The number of carbonyl (C=O) groups is 4. The lowest BCUT2D eigenvalue weighted by atomic mass is 9.71. The number of hydrogen-bond donors (Lipinski definition) is 1. The summed E-state index contributed by atoms with van der Waals surface area (Å²) in [6, 6.07) is 0. The van der Waals surface area contributed by atoms with Crippen molar-refractivity contribution in [1.29, 1.82) is 0 Å². The van der Waals surface area contributed by atoms with Crippen LogP contribution < -0.4 is 0 Å². The number of fused-ring (bicyclic) bond motifs is 2. The second-order valence-electron chi connectivity index (χ2n) is 12.2. The molecule has 11 heteroatoms. The van der Waals surface area contributed by atoms with Crippen LogP contribution in [0, 0.1) is 24.2 Å². The normalized spacial score (nSPS) is 36.3. The van der Waals surface area contributed by atoms with E-state index in [0.29, 0.717) is 25.7 Å². The molecule has 1 aromatic rings. The van der Waals surface area contributed by atoms with Gasteiger partial charge in [-0.05, 0) is 57.6 Å². The molecule has 4 heterocycles.